The van der Waals surface area contributed by atoms with Crippen LogP contribution in [0, 0.1) is 22.7 Å². The SMILES string of the molecule is CC(=O)OC[C@@]12C(=O)C[C@H](C)[C@@]3(C[C@H](c4ccoc4)OC3=O)[C@H]1C[C@@H](O)C[C@@]21CO1. The average Bonchev–Trinajstić information content (AvgIpc) is 3.12. The van der Waals surface area contributed by atoms with Gasteiger partial charge in [0.1, 0.15) is 24.1 Å². The molecule has 8 heteroatoms. The van der Waals surface area contributed by atoms with Crippen LogP contribution in [0.2, 0.25) is 0 Å². The van der Waals surface area contributed by atoms with Gasteiger partial charge in [0.15, 0.2) is 0 Å². The first-order valence-corrected chi connectivity index (χ1v) is 10.5. The molecule has 1 aromatic heterocycles. The first kappa shape index (κ1) is 19.8. The highest BCUT2D eigenvalue weighted by molar-refractivity contribution is 5.93. The van der Waals surface area contributed by atoms with Crippen molar-refractivity contribution in [2.75, 3.05) is 13.2 Å². The molecule has 0 radical (unpaired) electrons. The summed E-state index contributed by atoms with van der Waals surface area (Å²) in [5.41, 5.74) is -2.27. The number of carbonyl (C=O) groups excluding carboxylic acids is 3. The summed E-state index contributed by atoms with van der Waals surface area (Å²) >= 11 is 0. The van der Waals surface area contributed by atoms with Crippen molar-refractivity contribution in [2.24, 2.45) is 22.7 Å². The predicted molar refractivity (Wildman–Crippen MR) is 99.9 cm³/mol. The topological polar surface area (TPSA) is 116 Å². The maximum absolute atomic E-state index is 13.6. The summed E-state index contributed by atoms with van der Waals surface area (Å²) in [4.78, 5) is 38.7. The summed E-state index contributed by atoms with van der Waals surface area (Å²) in [6.07, 6.45) is 3.01. The van der Waals surface area contributed by atoms with Gasteiger partial charge in [-0.15, -0.1) is 0 Å². The Labute approximate surface area is 173 Å². The Balaban J connectivity index is 1.62. The number of aliphatic hydroxyl groups is 1. The predicted octanol–water partition coefficient (Wildman–Crippen LogP) is 1.95. The number of Topliss-reactive ketones (excluding diaryl/α,β-unsaturated/α-hetero) is 1. The van der Waals surface area contributed by atoms with E-state index in [-0.39, 0.29) is 37.1 Å². The van der Waals surface area contributed by atoms with E-state index in [1.54, 1.807) is 12.3 Å². The van der Waals surface area contributed by atoms with E-state index in [1.807, 2.05) is 6.92 Å². The van der Waals surface area contributed by atoms with Crippen molar-refractivity contribution in [1.29, 1.82) is 0 Å². The Morgan fingerprint density at radius 3 is 2.73 bits per heavy atom. The van der Waals surface area contributed by atoms with E-state index in [9.17, 15) is 19.5 Å². The van der Waals surface area contributed by atoms with Crippen LogP contribution in [-0.4, -0.2) is 47.7 Å². The molecule has 2 spiro atoms. The number of epoxide rings is 1. The summed E-state index contributed by atoms with van der Waals surface area (Å²) < 4.78 is 22.2. The van der Waals surface area contributed by atoms with E-state index in [0.29, 0.717) is 19.4 Å². The summed E-state index contributed by atoms with van der Waals surface area (Å²) in [6, 6.07) is 1.77. The molecule has 30 heavy (non-hydrogen) atoms. The summed E-state index contributed by atoms with van der Waals surface area (Å²) in [5, 5.41) is 10.7. The normalized spacial score (nSPS) is 44.8. The third-order valence-electron chi connectivity index (χ3n) is 8.03. The molecule has 162 valence electrons. The summed E-state index contributed by atoms with van der Waals surface area (Å²) in [7, 11) is 0. The van der Waals surface area contributed by atoms with Crippen molar-refractivity contribution in [3.63, 3.8) is 0 Å². The van der Waals surface area contributed by atoms with E-state index in [4.69, 9.17) is 18.6 Å². The van der Waals surface area contributed by atoms with E-state index in [2.05, 4.69) is 0 Å². The number of ketones is 1. The molecule has 4 fully saturated rings. The Bertz CT molecular complexity index is 887. The maximum Gasteiger partial charge on any atom is 0.313 e. The van der Waals surface area contributed by atoms with Gasteiger partial charge in [0, 0.05) is 31.7 Å². The Hall–Kier alpha value is -2.19. The smallest absolute Gasteiger partial charge is 0.313 e. The number of carbonyl (C=O) groups is 3. The van der Waals surface area contributed by atoms with E-state index in [1.165, 1.54) is 13.2 Å². The maximum atomic E-state index is 13.6. The van der Waals surface area contributed by atoms with Gasteiger partial charge in [0.05, 0.1) is 36.1 Å². The number of aliphatic hydroxyl groups excluding tert-OH is 1. The molecule has 4 aliphatic rings. The van der Waals surface area contributed by atoms with Crippen LogP contribution in [0.25, 0.3) is 0 Å². The van der Waals surface area contributed by atoms with Gasteiger partial charge >= 0.3 is 11.9 Å². The minimum absolute atomic E-state index is 0.0594. The number of furan rings is 1. The lowest BCUT2D eigenvalue weighted by Crippen LogP contribution is -2.68. The molecular weight excluding hydrogens is 392 g/mol. The van der Waals surface area contributed by atoms with Gasteiger partial charge in [-0.3, -0.25) is 14.4 Å². The molecular formula is C22H26O8. The molecule has 2 saturated carbocycles. The zero-order chi connectivity index (χ0) is 21.3. The molecule has 0 amide bonds. The molecule has 7 atom stereocenters. The van der Waals surface area contributed by atoms with Gasteiger partial charge in [-0.1, -0.05) is 6.92 Å². The van der Waals surface area contributed by atoms with Crippen LogP contribution >= 0.6 is 0 Å². The fourth-order valence-electron chi connectivity index (χ4n) is 6.51. The van der Waals surface area contributed by atoms with Crippen molar-refractivity contribution in [3.05, 3.63) is 24.2 Å². The van der Waals surface area contributed by atoms with E-state index in [0.717, 1.165) is 5.56 Å². The highest BCUT2D eigenvalue weighted by Crippen LogP contribution is 2.69. The third kappa shape index (κ3) is 2.43. The average molecular weight is 418 g/mol. The van der Waals surface area contributed by atoms with Crippen LogP contribution in [0.15, 0.2) is 23.0 Å². The minimum Gasteiger partial charge on any atom is -0.472 e. The number of esters is 2. The minimum atomic E-state index is -1.16. The largest absolute Gasteiger partial charge is 0.472 e. The quantitative estimate of drug-likeness (QED) is 0.585. The molecule has 0 bridgehead atoms. The summed E-state index contributed by atoms with van der Waals surface area (Å²) in [6.45, 7) is 3.36. The Morgan fingerprint density at radius 2 is 2.10 bits per heavy atom. The molecule has 0 unspecified atom stereocenters. The van der Waals surface area contributed by atoms with Crippen LogP contribution in [0.4, 0.5) is 0 Å². The van der Waals surface area contributed by atoms with E-state index >= 15 is 0 Å². The van der Waals surface area contributed by atoms with Crippen LogP contribution in [0.3, 0.4) is 0 Å². The lowest BCUT2D eigenvalue weighted by molar-refractivity contribution is -0.196. The highest BCUT2D eigenvalue weighted by Gasteiger charge is 2.79. The molecule has 1 N–H and O–H groups in total. The third-order valence-corrected chi connectivity index (χ3v) is 8.03. The van der Waals surface area contributed by atoms with E-state index < -0.39 is 40.5 Å². The standard InChI is InChI=1S/C22H26O8/c1-12-5-18(25)22(11-28-13(2)23)17(6-15(24)7-20(22)10-29-20)21(12)8-16(30-19(21)26)14-3-4-27-9-14/h3-4,9,12,15-17,24H,5-8,10-11H2,1-2H3/t12-,15+,16+,17+,20+,21-,22-/m0/s1. The monoisotopic (exact) mass is 418 g/mol. The fourth-order valence-corrected chi connectivity index (χ4v) is 6.51. The van der Waals surface area contributed by atoms with Crippen molar-refractivity contribution in [1.82, 2.24) is 0 Å². The molecule has 2 aliphatic heterocycles. The molecule has 3 heterocycles. The zero-order valence-corrected chi connectivity index (χ0v) is 17.1. The van der Waals surface area contributed by atoms with Gasteiger partial charge in [0.2, 0.25) is 0 Å². The summed E-state index contributed by atoms with van der Waals surface area (Å²) in [5.74, 6) is -1.73. The molecule has 1 aromatic rings. The molecule has 2 aliphatic carbocycles. The van der Waals surface area contributed by atoms with Gasteiger partial charge in [-0.2, -0.15) is 0 Å². The molecule has 5 rings (SSSR count). The van der Waals surface area contributed by atoms with Crippen molar-refractivity contribution < 1.29 is 38.1 Å². The van der Waals surface area contributed by atoms with Gasteiger partial charge < -0.3 is 23.7 Å². The van der Waals surface area contributed by atoms with Crippen LogP contribution in [-0.2, 0) is 28.6 Å². The van der Waals surface area contributed by atoms with Crippen LogP contribution in [0.5, 0.6) is 0 Å². The molecule has 0 aromatic carbocycles. The lowest BCUT2D eigenvalue weighted by Gasteiger charge is -2.58. The van der Waals surface area contributed by atoms with Crippen LogP contribution < -0.4 is 0 Å². The lowest BCUT2D eigenvalue weighted by atomic mass is 9.43. The second kappa shape index (κ2) is 6.40. The fraction of sp³-hybridized carbons (Fsp3) is 0.682. The van der Waals surface area contributed by atoms with Crippen molar-refractivity contribution >= 4 is 17.7 Å². The van der Waals surface area contributed by atoms with Crippen molar-refractivity contribution in [3.8, 4) is 0 Å². The highest BCUT2D eigenvalue weighted by atomic mass is 16.6. The first-order chi connectivity index (χ1) is 14.2. The number of fused-ring (bicyclic) bond motifs is 3. The number of cyclic esters (lactones) is 1. The van der Waals surface area contributed by atoms with Crippen LogP contribution in [0.1, 0.15) is 51.2 Å². The second-order valence-corrected chi connectivity index (χ2v) is 9.40. The first-order valence-electron chi connectivity index (χ1n) is 10.5. The Kier molecular flexibility index (Phi) is 4.22. The van der Waals surface area contributed by atoms with Gasteiger partial charge in [0.25, 0.3) is 0 Å². The number of ether oxygens (including phenoxy) is 3. The number of hydrogen-bond acceptors (Lipinski definition) is 8. The van der Waals surface area contributed by atoms with Crippen molar-refractivity contribution in [2.45, 2.75) is 57.3 Å². The zero-order valence-electron chi connectivity index (χ0n) is 17.1. The number of hydrogen-bond donors (Lipinski definition) is 1. The second-order valence-electron chi connectivity index (χ2n) is 9.40. The van der Waals surface area contributed by atoms with Gasteiger partial charge in [-0.25, -0.2) is 0 Å². The molecule has 8 nitrogen and oxygen atoms in total. The number of rotatable bonds is 3. The van der Waals surface area contributed by atoms with Gasteiger partial charge in [-0.05, 0) is 24.3 Å². The Morgan fingerprint density at radius 1 is 1.33 bits per heavy atom. The molecule has 2 saturated heterocycles.